The van der Waals surface area contributed by atoms with E-state index >= 15 is 0 Å². The number of hydrogen-bond acceptors (Lipinski definition) is 3. The van der Waals surface area contributed by atoms with Gasteiger partial charge in [-0.1, -0.05) is 13.3 Å². The van der Waals surface area contributed by atoms with Gasteiger partial charge in [-0.2, -0.15) is 0 Å². The van der Waals surface area contributed by atoms with Gasteiger partial charge in [-0.25, -0.2) is 13.8 Å². The highest BCUT2D eigenvalue weighted by atomic mass is 19.1. The van der Waals surface area contributed by atoms with Gasteiger partial charge in [0, 0.05) is 12.6 Å². The van der Waals surface area contributed by atoms with Crippen molar-refractivity contribution in [1.29, 1.82) is 0 Å². The number of nitrogens with one attached hydrogen (secondary N) is 1. The van der Waals surface area contributed by atoms with Crippen LogP contribution in [0.4, 0.5) is 20.4 Å². The summed E-state index contributed by atoms with van der Waals surface area (Å²) in [5.41, 5.74) is 5.30. The summed E-state index contributed by atoms with van der Waals surface area (Å²) in [6.45, 7) is 2.88. The van der Waals surface area contributed by atoms with Gasteiger partial charge in [-0.15, -0.1) is 0 Å². The van der Waals surface area contributed by atoms with Crippen LogP contribution in [0.2, 0.25) is 0 Å². The largest absolute Gasteiger partial charge is 0.381 e. The minimum atomic E-state index is -0.817. The average Bonchev–Trinajstić information content (AvgIpc) is 2.68. The topological polar surface area (TPSA) is 50.9 Å². The Bertz CT molecular complexity index is 409. The third-order valence-electron chi connectivity index (χ3n) is 3.32. The molecule has 0 saturated heterocycles. The molecule has 0 radical (unpaired) electrons. The second-order valence-corrected chi connectivity index (χ2v) is 4.85. The predicted molar refractivity (Wildman–Crippen MR) is 63.6 cm³/mol. The lowest BCUT2D eigenvalue weighted by molar-refractivity contribution is 0.532. The van der Waals surface area contributed by atoms with E-state index < -0.39 is 11.6 Å². The van der Waals surface area contributed by atoms with E-state index in [1.165, 1.54) is 6.42 Å². The summed E-state index contributed by atoms with van der Waals surface area (Å²) in [7, 11) is 0. The third kappa shape index (κ3) is 2.84. The van der Waals surface area contributed by atoms with Crippen LogP contribution in [0.15, 0.2) is 6.07 Å². The number of halogens is 2. The van der Waals surface area contributed by atoms with Crippen molar-refractivity contribution in [1.82, 2.24) is 4.98 Å². The smallest absolute Gasteiger partial charge is 0.168 e. The maximum atomic E-state index is 13.4. The van der Waals surface area contributed by atoms with Crippen molar-refractivity contribution in [3.05, 3.63) is 17.7 Å². The van der Waals surface area contributed by atoms with E-state index in [4.69, 9.17) is 5.73 Å². The molecule has 2 atom stereocenters. The minimum absolute atomic E-state index is 0.0449. The van der Waals surface area contributed by atoms with E-state index in [-0.39, 0.29) is 11.6 Å². The number of nitrogen functional groups attached to an aromatic ring is 1. The van der Waals surface area contributed by atoms with Crippen molar-refractivity contribution >= 4 is 11.6 Å². The Hall–Kier alpha value is -1.39. The summed E-state index contributed by atoms with van der Waals surface area (Å²) in [5, 5.41) is 2.91. The zero-order chi connectivity index (χ0) is 12.4. The van der Waals surface area contributed by atoms with Crippen LogP contribution in [0.25, 0.3) is 0 Å². The Balaban J connectivity index is 1.97. The lowest BCUT2D eigenvalue weighted by Crippen LogP contribution is -2.14. The number of rotatable bonds is 3. The molecule has 0 bridgehead atoms. The monoisotopic (exact) mass is 241 g/mol. The molecular weight excluding hydrogens is 224 g/mol. The Morgan fingerprint density at radius 2 is 2.18 bits per heavy atom. The molecule has 1 saturated carbocycles. The molecule has 3 N–H and O–H groups in total. The average molecular weight is 241 g/mol. The van der Waals surface area contributed by atoms with Crippen LogP contribution in [0.3, 0.4) is 0 Å². The van der Waals surface area contributed by atoms with Gasteiger partial charge in [0.05, 0.1) is 0 Å². The third-order valence-corrected chi connectivity index (χ3v) is 3.32. The summed E-state index contributed by atoms with van der Waals surface area (Å²) >= 11 is 0. The van der Waals surface area contributed by atoms with E-state index in [9.17, 15) is 8.78 Å². The molecular formula is C12H17F2N3. The first kappa shape index (κ1) is 12.1. The summed E-state index contributed by atoms with van der Waals surface area (Å²) in [6, 6.07) is 0.766. The van der Waals surface area contributed by atoms with Crippen LogP contribution < -0.4 is 11.1 Å². The highest BCUT2D eigenvalue weighted by molar-refractivity contribution is 5.44. The van der Waals surface area contributed by atoms with E-state index in [1.807, 2.05) is 0 Å². The van der Waals surface area contributed by atoms with Crippen molar-refractivity contribution < 1.29 is 8.78 Å². The van der Waals surface area contributed by atoms with Gasteiger partial charge >= 0.3 is 0 Å². The van der Waals surface area contributed by atoms with Crippen LogP contribution in [0.1, 0.15) is 26.2 Å². The Kier molecular flexibility index (Phi) is 3.45. The summed E-state index contributed by atoms with van der Waals surface area (Å²) in [4.78, 5) is 3.67. The number of nitrogens with two attached hydrogens (primary N) is 1. The van der Waals surface area contributed by atoms with Crippen LogP contribution in [-0.4, -0.2) is 11.5 Å². The van der Waals surface area contributed by atoms with Gasteiger partial charge in [-0.3, -0.25) is 0 Å². The Labute approximate surface area is 99.4 Å². The molecule has 3 nitrogen and oxygen atoms in total. The van der Waals surface area contributed by atoms with Crippen molar-refractivity contribution in [2.75, 3.05) is 17.6 Å². The molecule has 2 unspecified atom stereocenters. The predicted octanol–water partition coefficient (Wildman–Crippen LogP) is 2.79. The Morgan fingerprint density at radius 3 is 2.82 bits per heavy atom. The SMILES string of the molecule is CC1CCC(CNc2nc(N)c(F)cc2F)C1. The second kappa shape index (κ2) is 4.85. The van der Waals surface area contributed by atoms with Crippen molar-refractivity contribution in [3.8, 4) is 0 Å². The molecule has 1 aromatic heterocycles. The van der Waals surface area contributed by atoms with Gasteiger partial charge in [0.15, 0.2) is 23.3 Å². The maximum absolute atomic E-state index is 13.4. The highest BCUT2D eigenvalue weighted by Crippen LogP contribution is 2.30. The zero-order valence-corrected chi connectivity index (χ0v) is 9.84. The molecule has 94 valence electrons. The first-order valence-electron chi connectivity index (χ1n) is 5.91. The van der Waals surface area contributed by atoms with E-state index in [0.29, 0.717) is 12.5 Å². The number of pyridine rings is 1. The van der Waals surface area contributed by atoms with Crippen molar-refractivity contribution in [3.63, 3.8) is 0 Å². The molecule has 17 heavy (non-hydrogen) atoms. The standard InChI is InChI=1S/C12H17F2N3/c1-7-2-3-8(4-7)6-16-12-10(14)5-9(13)11(15)17-12/h5,7-8H,2-4,6H2,1H3,(H3,15,16,17). The number of nitrogens with zero attached hydrogens (tertiary/aromatic N) is 1. The fourth-order valence-corrected chi connectivity index (χ4v) is 2.36. The van der Waals surface area contributed by atoms with Gasteiger partial charge in [-0.05, 0) is 24.7 Å². The number of hydrogen-bond donors (Lipinski definition) is 2. The molecule has 0 amide bonds. The summed E-state index contributed by atoms with van der Waals surface area (Å²) in [6.07, 6.45) is 3.51. The van der Waals surface area contributed by atoms with Crippen LogP contribution in [-0.2, 0) is 0 Å². The highest BCUT2D eigenvalue weighted by Gasteiger charge is 2.21. The van der Waals surface area contributed by atoms with Crippen LogP contribution in [0.5, 0.6) is 0 Å². The summed E-state index contributed by atoms with van der Waals surface area (Å²) in [5.74, 6) is -0.460. The van der Waals surface area contributed by atoms with Crippen LogP contribution in [0, 0.1) is 23.5 Å². The number of anilines is 2. The molecule has 1 aliphatic carbocycles. The summed E-state index contributed by atoms with van der Waals surface area (Å²) < 4.78 is 26.3. The molecule has 0 aromatic carbocycles. The van der Waals surface area contributed by atoms with E-state index in [0.717, 1.165) is 24.8 Å². The lowest BCUT2D eigenvalue weighted by atomic mass is 10.1. The fourth-order valence-electron chi connectivity index (χ4n) is 2.36. The van der Waals surface area contributed by atoms with E-state index in [2.05, 4.69) is 17.2 Å². The molecule has 0 aliphatic heterocycles. The first-order valence-corrected chi connectivity index (χ1v) is 5.91. The molecule has 1 fully saturated rings. The second-order valence-electron chi connectivity index (χ2n) is 4.85. The van der Waals surface area contributed by atoms with Gasteiger partial charge in [0.25, 0.3) is 0 Å². The molecule has 0 spiro atoms. The van der Waals surface area contributed by atoms with Gasteiger partial charge in [0.2, 0.25) is 0 Å². The minimum Gasteiger partial charge on any atom is -0.381 e. The van der Waals surface area contributed by atoms with E-state index in [1.54, 1.807) is 0 Å². The molecule has 1 heterocycles. The lowest BCUT2D eigenvalue weighted by Gasteiger charge is -2.12. The first-order chi connectivity index (χ1) is 8.06. The Morgan fingerprint density at radius 1 is 1.41 bits per heavy atom. The molecule has 1 aliphatic rings. The number of aromatic nitrogens is 1. The quantitative estimate of drug-likeness (QED) is 0.855. The normalized spacial score (nSPS) is 23.9. The zero-order valence-electron chi connectivity index (χ0n) is 9.84. The van der Waals surface area contributed by atoms with Crippen LogP contribution >= 0.6 is 0 Å². The van der Waals surface area contributed by atoms with Gasteiger partial charge < -0.3 is 11.1 Å². The van der Waals surface area contributed by atoms with Crippen molar-refractivity contribution in [2.24, 2.45) is 11.8 Å². The molecule has 2 rings (SSSR count). The molecule has 1 aromatic rings. The van der Waals surface area contributed by atoms with Crippen molar-refractivity contribution in [2.45, 2.75) is 26.2 Å². The fraction of sp³-hybridized carbons (Fsp3) is 0.583. The van der Waals surface area contributed by atoms with Gasteiger partial charge in [0.1, 0.15) is 0 Å². The maximum Gasteiger partial charge on any atom is 0.168 e. The molecule has 5 heteroatoms.